The van der Waals surface area contributed by atoms with Gasteiger partial charge in [-0.2, -0.15) is 5.26 Å². The average Bonchev–Trinajstić information content (AvgIpc) is 3.57. The second-order valence-corrected chi connectivity index (χ2v) is 12.2. The molecule has 2 N–H and O–H groups in total. The fourth-order valence-corrected chi connectivity index (χ4v) is 7.19. The van der Waals surface area contributed by atoms with Crippen LogP contribution < -0.4 is 5.32 Å². The Morgan fingerprint density at radius 3 is 2.92 bits per heavy atom. The number of benzene rings is 1. The summed E-state index contributed by atoms with van der Waals surface area (Å²) in [5.74, 6) is 1.49. The first-order valence-corrected chi connectivity index (χ1v) is 14.2. The number of anilines is 1. The third-order valence-corrected chi connectivity index (χ3v) is 9.68. The number of nitrogens with zero attached hydrogens (tertiary/aromatic N) is 4. The number of likely N-dealkylation sites (tertiary alicyclic amines) is 1. The van der Waals surface area contributed by atoms with E-state index in [1.807, 2.05) is 23.1 Å². The van der Waals surface area contributed by atoms with Crippen molar-refractivity contribution in [1.82, 2.24) is 14.8 Å². The molecule has 7 nitrogen and oxygen atoms in total. The lowest BCUT2D eigenvalue weighted by molar-refractivity contribution is 0.113. The van der Waals surface area contributed by atoms with Crippen molar-refractivity contribution < 1.29 is 9.90 Å². The fourth-order valence-electron chi connectivity index (χ4n) is 6.83. The van der Waals surface area contributed by atoms with Crippen molar-refractivity contribution in [3.05, 3.63) is 58.3 Å². The summed E-state index contributed by atoms with van der Waals surface area (Å²) < 4.78 is 0.822. The Bertz CT molecular complexity index is 1180. The Hall–Kier alpha value is -2.47. The Balaban J connectivity index is 1.31. The molecular formula is C29H36BrN5O2. The number of hydrogen-bond donors (Lipinski definition) is 2. The molecule has 2 aliphatic carbocycles. The first-order valence-electron chi connectivity index (χ1n) is 13.4. The van der Waals surface area contributed by atoms with Gasteiger partial charge in [-0.1, -0.05) is 26.0 Å². The van der Waals surface area contributed by atoms with Crippen molar-refractivity contribution in [3.63, 3.8) is 0 Å². The van der Waals surface area contributed by atoms with Crippen molar-refractivity contribution in [1.29, 1.82) is 5.26 Å². The average molecular weight is 567 g/mol. The minimum absolute atomic E-state index is 0.0922. The van der Waals surface area contributed by atoms with Crippen molar-refractivity contribution in [2.24, 2.45) is 17.8 Å². The van der Waals surface area contributed by atoms with Gasteiger partial charge in [-0.15, -0.1) is 0 Å². The van der Waals surface area contributed by atoms with Gasteiger partial charge in [0.15, 0.2) is 0 Å². The van der Waals surface area contributed by atoms with Crippen molar-refractivity contribution in [2.45, 2.75) is 57.0 Å². The van der Waals surface area contributed by atoms with Gasteiger partial charge in [0.1, 0.15) is 0 Å². The number of aromatic nitrogens is 1. The van der Waals surface area contributed by atoms with Crippen LogP contribution in [0.1, 0.15) is 50.7 Å². The van der Waals surface area contributed by atoms with E-state index in [2.05, 4.69) is 63.2 Å². The molecule has 0 bridgehead atoms. The number of fused-ring (bicyclic) bond motifs is 1. The summed E-state index contributed by atoms with van der Waals surface area (Å²) in [6, 6.07) is 12.4. The second-order valence-electron chi connectivity index (χ2n) is 11.3. The van der Waals surface area contributed by atoms with E-state index in [1.54, 1.807) is 12.4 Å². The van der Waals surface area contributed by atoms with Gasteiger partial charge in [-0.05, 0) is 88.5 Å². The molecule has 37 heavy (non-hydrogen) atoms. The van der Waals surface area contributed by atoms with Gasteiger partial charge >= 0.3 is 6.03 Å². The molecule has 0 radical (unpaired) electrons. The zero-order valence-electron chi connectivity index (χ0n) is 21.6. The molecule has 0 spiro atoms. The van der Waals surface area contributed by atoms with Gasteiger partial charge in [0.05, 0.1) is 30.1 Å². The highest BCUT2D eigenvalue weighted by Gasteiger charge is 2.58. The van der Waals surface area contributed by atoms with E-state index < -0.39 is 0 Å². The summed E-state index contributed by atoms with van der Waals surface area (Å²) in [6.45, 7) is 6.93. The van der Waals surface area contributed by atoms with Crippen LogP contribution in [0.5, 0.6) is 0 Å². The Morgan fingerprint density at radius 1 is 1.35 bits per heavy atom. The van der Waals surface area contributed by atoms with Crippen molar-refractivity contribution >= 4 is 27.6 Å². The maximum atomic E-state index is 13.6. The first-order chi connectivity index (χ1) is 17.8. The van der Waals surface area contributed by atoms with Gasteiger partial charge in [0.25, 0.3) is 0 Å². The molecule has 196 valence electrons. The summed E-state index contributed by atoms with van der Waals surface area (Å²) in [7, 11) is 0. The van der Waals surface area contributed by atoms with E-state index in [-0.39, 0.29) is 30.1 Å². The Labute approximate surface area is 228 Å². The molecular weight excluding hydrogens is 530 g/mol. The molecule has 1 aromatic carbocycles. The Kier molecular flexibility index (Phi) is 7.58. The molecule has 1 unspecified atom stereocenters. The molecule has 1 aliphatic heterocycles. The summed E-state index contributed by atoms with van der Waals surface area (Å²) in [4.78, 5) is 22.2. The first kappa shape index (κ1) is 26.1. The van der Waals surface area contributed by atoms with Crippen LogP contribution in [0.25, 0.3) is 0 Å². The van der Waals surface area contributed by atoms with Crippen LogP contribution in [0.4, 0.5) is 10.5 Å². The van der Waals surface area contributed by atoms with Crippen molar-refractivity contribution in [3.8, 4) is 6.07 Å². The predicted octanol–water partition coefficient (Wildman–Crippen LogP) is 5.01. The van der Waals surface area contributed by atoms with Crippen LogP contribution in [0, 0.1) is 29.1 Å². The molecule has 2 saturated carbocycles. The number of urea groups is 1. The fraction of sp³-hybridized carbons (Fsp3) is 0.552. The summed E-state index contributed by atoms with van der Waals surface area (Å²) in [5, 5.41) is 22.5. The van der Waals surface area contributed by atoms with E-state index in [4.69, 9.17) is 0 Å². The largest absolute Gasteiger partial charge is 0.395 e. The summed E-state index contributed by atoms with van der Waals surface area (Å²) >= 11 is 3.44. The summed E-state index contributed by atoms with van der Waals surface area (Å²) in [5.41, 5.74) is 2.82. The minimum atomic E-state index is -0.0922. The van der Waals surface area contributed by atoms with Crippen LogP contribution in [0.2, 0.25) is 0 Å². The van der Waals surface area contributed by atoms with Gasteiger partial charge in [0.2, 0.25) is 0 Å². The van der Waals surface area contributed by atoms with E-state index in [0.717, 1.165) is 48.8 Å². The minimum Gasteiger partial charge on any atom is -0.395 e. The molecule has 8 heteroatoms. The number of carbonyl (C=O) groups excluding carboxylic acids is 1. The standard InChI is InChI=1S/C29H36BrN5O2/c1-19-17-34(27(18-36)20(19)2)8-9-35(28(37)33-25-12-24(30)15-32-16-25)26-6-7-29(13-23(29)11-26)22-5-3-4-21(10-22)14-31/h3-5,10,12,15-16,19-20,23,26-27,36H,6-9,11,13,17-18H2,1-2H3,(H,33,37)/t19-,20-,23?,26+,27+,29+/m0/s1. The van der Waals surface area contributed by atoms with Gasteiger partial charge < -0.3 is 15.3 Å². The molecule has 1 saturated heterocycles. The van der Waals surface area contributed by atoms with Crippen molar-refractivity contribution in [2.75, 3.05) is 31.6 Å². The number of rotatable bonds is 7. The summed E-state index contributed by atoms with van der Waals surface area (Å²) in [6.07, 6.45) is 7.42. The molecule has 2 heterocycles. The van der Waals surface area contributed by atoms with Crippen LogP contribution in [-0.4, -0.2) is 64.2 Å². The number of nitrogens with one attached hydrogen (secondary N) is 1. The van der Waals surface area contributed by atoms with Crippen LogP contribution in [0.15, 0.2) is 47.2 Å². The number of carbonyl (C=O) groups is 1. The smallest absolute Gasteiger partial charge is 0.322 e. The van der Waals surface area contributed by atoms with Gasteiger partial charge in [-0.25, -0.2) is 4.79 Å². The SMILES string of the molecule is C[C@@H]1[C@@H](CO)N(CCN(C(=O)Nc2cncc(Br)c2)[C@@H]2CC[C@]3(c4cccc(C#N)c4)CC3C2)C[C@@H]1C. The molecule has 2 amide bonds. The highest BCUT2D eigenvalue weighted by molar-refractivity contribution is 9.10. The Morgan fingerprint density at radius 2 is 2.19 bits per heavy atom. The molecule has 5 rings (SSSR count). The topological polar surface area (TPSA) is 92.5 Å². The number of halogens is 1. The van der Waals surface area contributed by atoms with E-state index in [0.29, 0.717) is 30.0 Å². The quantitative estimate of drug-likeness (QED) is 0.492. The zero-order chi connectivity index (χ0) is 26.2. The maximum Gasteiger partial charge on any atom is 0.322 e. The van der Waals surface area contributed by atoms with Gasteiger partial charge in [-0.3, -0.25) is 9.88 Å². The molecule has 3 fully saturated rings. The normalized spacial score (nSPS) is 30.8. The lowest BCUT2D eigenvalue weighted by atomic mass is 9.80. The number of amides is 2. The monoisotopic (exact) mass is 565 g/mol. The van der Waals surface area contributed by atoms with Crippen LogP contribution >= 0.6 is 15.9 Å². The lowest BCUT2D eigenvalue weighted by Crippen LogP contribution is -2.49. The number of aliphatic hydroxyl groups is 1. The predicted molar refractivity (Wildman–Crippen MR) is 147 cm³/mol. The number of nitriles is 1. The number of hydrogen-bond acceptors (Lipinski definition) is 5. The number of aliphatic hydroxyl groups excluding tert-OH is 1. The second kappa shape index (κ2) is 10.7. The maximum absolute atomic E-state index is 13.6. The lowest BCUT2D eigenvalue weighted by Gasteiger charge is -2.38. The van der Waals surface area contributed by atoms with E-state index in [1.165, 1.54) is 5.56 Å². The third-order valence-electron chi connectivity index (χ3n) is 9.25. The highest BCUT2D eigenvalue weighted by atomic mass is 79.9. The van der Waals surface area contributed by atoms with E-state index in [9.17, 15) is 15.2 Å². The van der Waals surface area contributed by atoms with E-state index >= 15 is 0 Å². The van der Waals surface area contributed by atoms with Gasteiger partial charge in [0, 0.05) is 42.4 Å². The third kappa shape index (κ3) is 5.27. The highest BCUT2D eigenvalue weighted by Crippen LogP contribution is 2.62. The van der Waals surface area contributed by atoms with Crippen LogP contribution in [-0.2, 0) is 5.41 Å². The van der Waals surface area contributed by atoms with Crippen LogP contribution in [0.3, 0.4) is 0 Å². The molecule has 2 aromatic rings. The number of pyridine rings is 1. The molecule has 6 atom stereocenters. The zero-order valence-corrected chi connectivity index (χ0v) is 23.2. The molecule has 1 aromatic heterocycles. The molecule has 3 aliphatic rings.